The number of halogens is 2. The third kappa shape index (κ3) is 5.10. The molecule has 4 aromatic rings. The third-order valence-electron chi connectivity index (χ3n) is 6.16. The van der Waals surface area contributed by atoms with Crippen molar-refractivity contribution in [1.29, 1.82) is 0 Å². The average molecular weight is 494 g/mol. The van der Waals surface area contributed by atoms with Crippen LogP contribution < -0.4 is 4.80 Å². The molecule has 1 saturated carbocycles. The van der Waals surface area contributed by atoms with Crippen molar-refractivity contribution < 1.29 is 8.78 Å². The van der Waals surface area contributed by atoms with Crippen LogP contribution in [-0.4, -0.2) is 10.9 Å². The highest BCUT2D eigenvalue weighted by Crippen LogP contribution is 2.33. The predicted octanol–water partition coefficient (Wildman–Crippen LogP) is 8.03. The minimum Gasteiger partial charge on any atom is -0.217 e. The summed E-state index contributed by atoms with van der Waals surface area (Å²) in [5, 5.41) is 6.68. The van der Waals surface area contributed by atoms with Gasteiger partial charge in [0, 0.05) is 26.8 Å². The molecule has 0 aliphatic heterocycles. The summed E-state index contributed by atoms with van der Waals surface area (Å²) in [7, 11) is 0. The van der Waals surface area contributed by atoms with Crippen molar-refractivity contribution in [3.63, 3.8) is 0 Å². The van der Waals surface area contributed by atoms with Crippen LogP contribution in [0.4, 0.5) is 14.5 Å². The van der Waals surface area contributed by atoms with Crippen LogP contribution in [0.15, 0.2) is 70.1 Å². The Labute approximate surface area is 205 Å². The molecule has 0 saturated heterocycles. The highest BCUT2D eigenvalue weighted by molar-refractivity contribution is 7.13. The first-order valence-corrected chi connectivity index (χ1v) is 13.2. The summed E-state index contributed by atoms with van der Waals surface area (Å²) in [5.41, 5.74) is 3.38. The number of hydrogen-bond acceptors (Lipinski definition) is 4. The maximum absolute atomic E-state index is 14.3. The van der Waals surface area contributed by atoms with E-state index in [9.17, 15) is 8.78 Å². The summed E-state index contributed by atoms with van der Waals surface area (Å²) < 4.78 is 29.4. The number of hydrogen-bond donors (Lipinski definition) is 0. The highest BCUT2D eigenvalue weighted by Gasteiger charge is 2.16. The number of thiophene rings is 1. The zero-order valence-electron chi connectivity index (χ0n) is 18.9. The van der Waals surface area contributed by atoms with Crippen molar-refractivity contribution in [3.8, 4) is 11.3 Å². The fourth-order valence-corrected chi connectivity index (χ4v) is 5.95. The van der Waals surface area contributed by atoms with E-state index in [1.54, 1.807) is 22.2 Å². The second kappa shape index (κ2) is 10.2. The van der Waals surface area contributed by atoms with Gasteiger partial charge in [0.25, 0.3) is 0 Å². The van der Waals surface area contributed by atoms with Crippen molar-refractivity contribution in [3.05, 3.63) is 91.7 Å². The molecular formula is C27H25F2N3S2. The molecule has 0 radical (unpaired) electrons. The van der Waals surface area contributed by atoms with Gasteiger partial charge in [0.05, 0.1) is 11.9 Å². The molecule has 0 N–H and O–H groups in total. The summed E-state index contributed by atoms with van der Waals surface area (Å²) in [6, 6.07) is 16.2. The van der Waals surface area contributed by atoms with Gasteiger partial charge >= 0.3 is 0 Å². The van der Waals surface area contributed by atoms with E-state index in [1.165, 1.54) is 66.0 Å². The molecule has 5 rings (SSSR count). The molecule has 2 aromatic heterocycles. The van der Waals surface area contributed by atoms with Gasteiger partial charge in [-0.15, -0.1) is 22.7 Å². The molecule has 0 atom stereocenters. The molecule has 1 aliphatic rings. The maximum atomic E-state index is 14.3. The SMILES string of the molecule is Cc1ccc(/C=N\n2c(-c3ccc(C4CCCCC4)cc3)csc2=Nc2ccc(F)cc2F)s1. The number of rotatable bonds is 5. The van der Waals surface area contributed by atoms with Gasteiger partial charge in [-0.25, -0.2) is 18.4 Å². The van der Waals surface area contributed by atoms with Crippen LogP contribution in [0.1, 0.15) is 53.3 Å². The lowest BCUT2D eigenvalue weighted by atomic mass is 9.84. The van der Waals surface area contributed by atoms with Crippen molar-refractivity contribution in [1.82, 2.24) is 4.68 Å². The first kappa shape index (κ1) is 22.9. The molecule has 0 unspecified atom stereocenters. The normalized spacial score (nSPS) is 15.4. The van der Waals surface area contributed by atoms with Crippen LogP contribution >= 0.6 is 22.7 Å². The largest absolute Gasteiger partial charge is 0.217 e. The quantitative estimate of drug-likeness (QED) is 0.252. The minimum absolute atomic E-state index is 0.0818. The Morgan fingerprint density at radius 1 is 0.971 bits per heavy atom. The standard InChI is InChI=1S/C27H25F2N3S2/c1-18-7-13-23(34-18)16-30-32-26(17-33-27(32)31-25-14-12-22(28)15-24(25)29)21-10-8-20(9-11-21)19-5-3-2-4-6-19/h7-17,19H,2-6H2,1H3/b30-16-,31-27?. The van der Waals surface area contributed by atoms with Crippen molar-refractivity contribution in [2.45, 2.75) is 44.9 Å². The van der Waals surface area contributed by atoms with E-state index in [2.05, 4.69) is 36.2 Å². The topological polar surface area (TPSA) is 29.6 Å². The predicted molar refractivity (Wildman–Crippen MR) is 137 cm³/mol. The number of aromatic nitrogens is 1. The van der Waals surface area contributed by atoms with Gasteiger partial charge in [0.2, 0.25) is 4.80 Å². The van der Waals surface area contributed by atoms with E-state index < -0.39 is 11.6 Å². The van der Waals surface area contributed by atoms with Crippen molar-refractivity contribution >= 4 is 34.6 Å². The summed E-state index contributed by atoms with van der Waals surface area (Å²) in [6.07, 6.45) is 8.26. The lowest BCUT2D eigenvalue weighted by Gasteiger charge is -2.22. The van der Waals surface area contributed by atoms with E-state index in [-0.39, 0.29) is 5.69 Å². The monoisotopic (exact) mass is 493 g/mol. The van der Waals surface area contributed by atoms with E-state index in [0.717, 1.165) is 22.2 Å². The van der Waals surface area contributed by atoms with Gasteiger partial charge in [-0.05, 0) is 55.5 Å². The second-order valence-electron chi connectivity index (χ2n) is 8.57. The zero-order valence-corrected chi connectivity index (χ0v) is 20.5. The van der Waals surface area contributed by atoms with E-state index in [1.807, 2.05) is 17.5 Å². The molecule has 2 aromatic carbocycles. The number of benzene rings is 2. The van der Waals surface area contributed by atoms with Gasteiger partial charge in [0.1, 0.15) is 11.5 Å². The molecule has 1 fully saturated rings. The third-order valence-corrected chi connectivity index (χ3v) is 7.91. The van der Waals surface area contributed by atoms with Crippen LogP contribution in [0.25, 0.3) is 11.3 Å². The Balaban J connectivity index is 1.55. The number of thiazole rings is 1. The Bertz CT molecular complexity index is 1370. The highest BCUT2D eigenvalue weighted by atomic mass is 32.1. The molecule has 2 heterocycles. The Morgan fingerprint density at radius 3 is 2.47 bits per heavy atom. The Kier molecular flexibility index (Phi) is 6.83. The van der Waals surface area contributed by atoms with Gasteiger partial charge in [-0.3, -0.25) is 0 Å². The molecule has 7 heteroatoms. The molecule has 1 aliphatic carbocycles. The first-order chi connectivity index (χ1) is 16.6. The zero-order chi connectivity index (χ0) is 23.5. The lowest BCUT2D eigenvalue weighted by Crippen LogP contribution is -2.11. The van der Waals surface area contributed by atoms with E-state index in [0.29, 0.717) is 10.7 Å². The molecule has 0 amide bonds. The van der Waals surface area contributed by atoms with Gasteiger partial charge in [0.15, 0.2) is 5.82 Å². The van der Waals surface area contributed by atoms with Gasteiger partial charge < -0.3 is 0 Å². The van der Waals surface area contributed by atoms with Crippen LogP contribution in [0.3, 0.4) is 0 Å². The van der Waals surface area contributed by atoms with Crippen LogP contribution in [0, 0.1) is 18.6 Å². The minimum atomic E-state index is -0.698. The van der Waals surface area contributed by atoms with Gasteiger partial charge in [-0.2, -0.15) is 5.10 Å². The molecule has 3 nitrogen and oxygen atoms in total. The number of aryl methyl sites for hydroxylation is 1. The first-order valence-electron chi connectivity index (χ1n) is 11.5. The maximum Gasteiger partial charge on any atom is 0.211 e. The van der Waals surface area contributed by atoms with Crippen molar-refractivity contribution in [2.75, 3.05) is 0 Å². The number of nitrogens with zero attached hydrogens (tertiary/aromatic N) is 3. The molecule has 0 spiro atoms. The van der Waals surface area contributed by atoms with Crippen molar-refractivity contribution in [2.24, 2.45) is 10.1 Å². The molecule has 34 heavy (non-hydrogen) atoms. The summed E-state index contributed by atoms with van der Waals surface area (Å²) >= 11 is 3.03. The fourth-order valence-electron chi connectivity index (χ4n) is 4.36. The molecular weight excluding hydrogens is 468 g/mol. The van der Waals surface area contributed by atoms with Gasteiger partial charge in [-0.1, -0.05) is 43.5 Å². The van der Waals surface area contributed by atoms with E-state index >= 15 is 0 Å². The Morgan fingerprint density at radius 2 is 1.76 bits per heavy atom. The van der Waals surface area contributed by atoms with Crippen LogP contribution in [0.5, 0.6) is 0 Å². The summed E-state index contributed by atoms with van der Waals surface area (Å²) in [5.74, 6) is -0.680. The lowest BCUT2D eigenvalue weighted by molar-refractivity contribution is 0.443. The molecule has 174 valence electrons. The smallest absolute Gasteiger partial charge is 0.211 e. The molecule has 0 bridgehead atoms. The summed E-state index contributed by atoms with van der Waals surface area (Å²) in [6.45, 7) is 2.05. The Hall–Kier alpha value is -2.90. The van der Waals surface area contributed by atoms with Crippen LogP contribution in [-0.2, 0) is 0 Å². The summed E-state index contributed by atoms with van der Waals surface area (Å²) in [4.78, 5) is 7.21. The second-order valence-corrected chi connectivity index (χ2v) is 10.7. The van der Waals surface area contributed by atoms with Crippen LogP contribution in [0.2, 0.25) is 0 Å². The fraction of sp³-hybridized carbons (Fsp3) is 0.259. The van der Waals surface area contributed by atoms with E-state index in [4.69, 9.17) is 5.10 Å². The average Bonchev–Trinajstić information content (AvgIpc) is 3.45.